The van der Waals surface area contributed by atoms with Crippen LogP contribution in [0, 0.1) is 11.8 Å². The van der Waals surface area contributed by atoms with Crippen molar-refractivity contribution in [3.05, 3.63) is 83.1 Å². The number of rotatable bonds is 8. The topological polar surface area (TPSA) is 87.7 Å². The molecule has 162 valence electrons. The van der Waals surface area contributed by atoms with Gasteiger partial charge in [0.2, 0.25) is 0 Å². The number of hydrogen-bond acceptors (Lipinski definition) is 4. The highest BCUT2D eigenvalue weighted by Crippen LogP contribution is 2.28. The SMILES string of the molecule is O=C(/C=C/c1ccc(-c2ccc(O)c(C(=O)O)c2)o1)c1ccc(C#CCCCCCl)cc1. The van der Waals surface area contributed by atoms with Crippen LogP contribution in [0.4, 0.5) is 0 Å². The summed E-state index contributed by atoms with van der Waals surface area (Å²) in [4.78, 5) is 23.6. The van der Waals surface area contributed by atoms with E-state index in [0.717, 1.165) is 24.8 Å². The molecule has 3 rings (SSSR count). The van der Waals surface area contributed by atoms with Gasteiger partial charge in [-0.25, -0.2) is 4.79 Å². The van der Waals surface area contributed by atoms with E-state index in [1.807, 2.05) is 12.1 Å². The van der Waals surface area contributed by atoms with Crippen molar-refractivity contribution in [2.45, 2.75) is 19.3 Å². The smallest absolute Gasteiger partial charge is 0.339 e. The van der Waals surface area contributed by atoms with Crippen LogP contribution in [-0.4, -0.2) is 27.8 Å². The van der Waals surface area contributed by atoms with Crippen LogP contribution in [-0.2, 0) is 0 Å². The Morgan fingerprint density at radius 3 is 2.53 bits per heavy atom. The molecule has 32 heavy (non-hydrogen) atoms. The Labute approximate surface area is 191 Å². The van der Waals surface area contributed by atoms with E-state index in [2.05, 4.69) is 11.8 Å². The number of allylic oxidation sites excluding steroid dienone is 1. The summed E-state index contributed by atoms with van der Waals surface area (Å²) in [7, 11) is 0. The molecule has 5 nitrogen and oxygen atoms in total. The Bertz CT molecular complexity index is 1190. The number of benzene rings is 2. The van der Waals surface area contributed by atoms with Crippen molar-refractivity contribution in [1.82, 2.24) is 0 Å². The second-order valence-corrected chi connectivity index (χ2v) is 7.34. The Morgan fingerprint density at radius 1 is 1.03 bits per heavy atom. The zero-order valence-corrected chi connectivity index (χ0v) is 17.9. The summed E-state index contributed by atoms with van der Waals surface area (Å²) in [6, 6.07) is 14.6. The lowest BCUT2D eigenvalue weighted by atomic mass is 10.1. The zero-order valence-electron chi connectivity index (χ0n) is 17.2. The molecule has 0 amide bonds. The van der Waals surface area contributed by atoms with Gasteiger partial charge in [-0.15, -0.1) is 11.6 Å². The molecule has 6 heteroatoms. The molecule has 0 fully saturated rings. The number of unbranched alkanes of at least 4 members (excludes halogenated alkanes) is 2. The van der Waals surface area contributed by atoms with Crippen LogP contribution in [0.25, 0.3) is 17.4 Å². The largest absolute Gasteiger partial charge is 0.507 e. The monoisotopic (exact) mass is 448 g/mol. The second kappa shape index (κ2) is 11.0. The fraction of sp³-hybridized carbons (Fsp3) is 0.154. The molecule has 2 aromatic carbocycles. The van der Waals surface area contributed by atoms with Crippen molar-refractivity contribution in [1.29, 1.82) is 0 Å². The number of phenols is 1. The molecule has 0 atom stereocenters. The van der Waals surface area contributed by atoms with E-state index in [1.165, 1.54) is 18.2 Å². The van der Waals surface area contributed by atoms with Gasteiger partial charge < -0.3 is 14.6 Å². The first kappa shape index (κ1) is 22.9. The van der Waals surface area contributed by atoms with E-state index in [4.69, 9.17) is 21.1 Å². The van der Waals surface area contributed by atoms with E-state index >= 15 is 0 Å². The molecule has 0 radical (unpaired) electrons. The maximum atomic E-state index is 12.4. The van der Waals surface area contributed by atoms with Gasteiger partial charge in [-0.1, -0.05) is 11.8 Å². The second-order valence-electron chi connectivity index (χ2n) is 6.96. The van der Waals surface area contributed by atoms with E-state index < -0.39 is 5.97 Å². The van der Waals surface area contributed by atoms with Crippen LogP contribution in [0.15, 0.2) is 65.1 Å². The number of aromatic carboxylic acids is 1. The molecule has 2 N–H and O–H groups in total. The van der Waals surface area contributed by atoms with Crippen LogP contribution >= 0.6 is 11.6 Å². The van der Waals surface area contributed by atoms with E-state index in [9.17, 15) is 14.7 Å². The number of carboxylic acid groups (broad SMARTS) is 1. The highest BCUT2D eigenvalue weighted by Gasteiger charge is 2.13. The van der Waals surface area contributed by atoms with E-state index in [1.54, 1.807) is 36.4 Å². The molecule has 1 heterocycles. The Hall–Kier alpha value is -3.75. The van der Waals surface area contributed by atoms with Gasteiger partial charge in [0.1, 0.15) is 22.8 Å². The van der Waals surface area contributed by atoms with Gasteiger partial charge >= 0.3 is 5.97 Å². The normalized spacial score (nSPS) is 10.7. The standard InChI is InChI=1S/C26H21ClO5/c27-16-4-2-1-3-5-18-6-8-19(9-7-18)23(28)14-11-21-12-15-25(32-21)20-10-13-24(29)22(17-20)26(30)31/h6-15,17,29H,1-2,4,16H2,(H,30,31)/b14-11+. The van der Waals surface area contributed by atoms with Crippen molar-refractivity contribution in [2.75, 3.05) is 5.88 Å². The maximum absolute atomic E-state index is 12.4. The fourth-order valence-corrected chi connectivity index (χ4v) is 3.09. The Morgan fingerprint density at radius 2 is 1.81 bits per heavy atom. The predicted molar refractivity (Wildman–Crippen MR) is 124 cm³/mol. The van der Waals surface area contributed by atoms with Crippen LogP contribution in [0.5, 0.6) is 5.75 Å². The minimum Gasteiger partial charge on any atom is -0.507 e. The molecule has 0 spiro atoms. The van der Waals surface area contributed by atoms with Crippen LogP contribution in [0.1, 0.15) is 51.3 Å². The molecule has 0 unspecified atom stereocenters. The number of carboxylic acids is 1. The third-order valence-electron chi connectivity index (χ3n) is 4.62. The first-order valence-electron chi connectivity index (χ1n) is 10.0. The summed E-state index contributed by atoms with van der Waals surface area (Å²) in [6.07, 6.45) is 5.68. The highest BCUT2D eigenvalue weighted by atomic mass is 35.5. The molecule has 3 aromatic rings. The highest BCUT2D eigenvalue weighted by molar-refractivity contribution is 6.17. The Balaban J connectivity index is 1.65. The molecule has 1 aromatic heterocycles. The summed E-state index contributed by atoms with van der Waals surface area (Å²) in [5, 5.41) is 18.8. The number of carbonyl (C=O) groups excluding carboxylic acids is 1. The summed E-state index contributed by atoms with van der Waals surface area (Å²) in [5.74, 6) is 5.95. The maximum Gasteiger partial charge on any atom is 0.339 e. The number of aromatic hydroxyl groups is 1. The quantitative estimate of drug-likeness (QED) is 0.145. The van der Waals surface area contributed by atoms with Gasteiger partial charge in [0.05, 0.1) is 0 Å². The average Bonchev–Trinajstić information content (AvgIpc) is 3.27. The first-order valence-corrected chi connectivity index (χ1v) is 10.5. The lowest BCUT2D eigenvalue weighted by Crippen LogP contribution is -1.96. The number of alkyl halides is 1. The minimum absolute atomic E-state index is 0.178. The number of halogens is 1. The van der Waals surface area contributed by atoms with E-state index in [0.29, 0.717) is 28.5 Å². The summed E-state index contributed by atoms with van der Waals surface area (Å²) >= 11 is 5.64. The summed E-state index contributed by atoms with van der Waals surface area (Å²) in [6.45, 7) is 0. The third kappa shape index (κ3) is 6.13. The van der Waals surface area contributed by atoms with Crippen molar-refractivity contribution in [3.8, 4) is 28.9 Å². The molecule has 0 aliphatic heterocycles. The lowest BCUT2D eigenvalue weighted by Gasteiger charge is -2.02. The number of carbonyl (C=O) groups is 2. The molecule has 0 saturated heterocycles. The summed E-state index contributed by atoms with van der Waals surface area (Å²) < 4.78 is 5.68. The fourth-order valence-electron chi connectivity index (χ4n) is 2.90. The zero-order chi connectivity index (χ0) is 22.9. The van der Waals surface area contributed by atoms with Crippen molar-refractivity contribution < 1.29 is 24.2 Å². The van der Waals surface area contributed by atoms with Gasteiger partial charge in [0, 0.05) is 29.0 Å². The molecular formula is C26H21ClO5. The van der Waals surface area contributed by atoms with Gasteiger partial charge in [0.25, 0.3) is 0 Å². The molecule has 0 saturated carbocycles. The van der Waals surface area contributed by atoms with E-state index in [-0.39, 0.29) is 17.1 Å². The minimum atomic E-state index is -1.23. The van der Waals surface area contributed by atoms with Crippen LogP contribution in [0.3, 0.4) is 0 Å². The van der Waals surface area contributed by atoms with Crippen molar-refractivity contribution >= 4 is 29.4 Å². The van der Waals surface area contributed by atoms with Crippen molar-refractivity contribution in [3.63, 3.8) is 0 Å². The van der Waals surface area contributed by atoms with Gasteiger partial charge in [-0.2, -0.15) is 0 Å². The molecule has 0 aliphatic rings. The predicted octanol–water partition coefficient (Wildman–Crippen LogP) is 6.01. The molecule has 0 bridgehead atoms. The number of hydrogen-bond donors (Lipinski definition) is 2. The molecule has 0 aliphatic carbocycles. The summed E-state index contributed by atoms with van der Waals surface area (Å²) in [5.41, 5.74) is 1.67. The number of furan rings is 1. The lowest BCUT2D eigenvalue weighted by molar-refractivity contribution is 0.0693. The van der Waals surface area contributed by atoms with Crippen molar-refractivity contribution in [2.24, 2.45) is 0 Å². The van der Waals surface area contributed by atoms with Crippen LogP contribution < -0.4 is 0 Å². The van der Waals surface area contributed by atoms with Gasteiger partial charge in [-0.05, 0) is 79.6 Å². The van der Waals surface area contributed by atoms with Gasteiger partial charge in [0.15, 0.2) is 5.78 Å². The molecular weight excluding hydrogens is 428 g/mol. The first-order chi connectivity index (χ1) is 15.5. The van der Waals surface area contributed by atoms with Crippen LogP contribution in [0.2, 0.25) is 0 Å². The Kier molecular flexibility index (Phi) is 7.91. The van der Waals surface area contributed by atoms with Gasteiger partial charge in [-0.3, -0.25) is 4.79 Å². The average molecular weight is 449 g/mol. The third-order valence-corrected chi connectivity index (χ3v) is 4.89. The number of ketones is 1.